The average molecular weight is 536 g/mol. The summed E-state index contributed by atoms with van der Waals surface area (Å²) in [5.41, 5.74) is 4.12. The van der Waals surface area contributed by atoms with Crippen LogP contribution < -0.4 is 4.90 Å². The molecule has 6 nitrogen and oxygen atoms in total. The summed E-state index contributed by atoms with van der Waals surface area (Å²) < 4.78 is 28.8. The third kappa shape index (κ3) is 4.81. The lowest BCUT2D eigenvalue weighted by Crippen LogP contribution is -2.49. The molecule has 1 atom stereocenters. The van der Waals surface area contributed by atoms with Gasteiger partial charge in [0.1, 0.15) is 0 Å². The van der Waals surface area contributed by atoms with Gasteiger partial charge in [-0.1, -0.05) is 54.1 Å². The van der Waals surface area contributed by atoms with Crippen molar-refractivity contribution in [2.75, 3.05) is 37.6 Å². The highest BCUT2D eigenvalue weighted by molar-refractivity contribution is 7.89. The van der Waals surface area contributed by atoms with Crippen LogP contribution in [0.25, 0.3) is 0 Å². The number of piperazine rings is 1. The monoisotopic (exact) mass is 535 g/mol. The summed E-state index contributed by atoms with van der Waals surface area (Å²) in [5, 5.41) is 0.695. The van der Waals surface area contributed by atoms with E-state index in [0.717, 1.165) is 29.7 Å². The van der Waals surface area contributed by atoms with E-state index >= 15 is 0 Å². The molecular weight excluding hydrogens is 506 g/mol. The second-order valence-electron chi connectivity index (χ2n) is 10.1. The van der Waals surface area contributed by atoms with Crippen LogP contribution >= 0.6 is 11.6 Å². The van der Waals surface area contributed by atoms with Crippen molar-refractivity contribution >= 4 is 33.2 Å². The molecule has 1 saturated heterocycles. The van der Waals surface area contributed by atoms with Crippen LogP contribution in [0, 0.1) is 5.92 Å². The highest BCUT2D eigenvalue weighted by Crippen LogP contribution is 2.38. The van der Waals surface area contributed by atoms with Crippen LogP contribution in [0.2, 0.25) is 5.02 Å². The maximum atomic E-state index is 13.6. The van der Waals surface area contributed by atoms with Crippen LogP contribution in [0.15, 0.2) is 77.7 Å². The van der Waals surface area contributed by atoms with E-state index in [1.807, 2.05) is 53.4 Å². The van der Waals surface area contributed by atoms with Gasteiger partial charge in [-0.05, 0) is 66.3 Å². The number of fused-ring (bicyclic) bond motifs is 1. The molecule has 0 bridgehead atoms. The molecule has 2 heterocycles. The van der Waals surface area contributed by atoms with Crippen LogP contribution in [-0.2, 0) is 21.2 Å². The third-order valence-electron chi connectivity index (χ3n) is 7.72. The summed E-state index contributed by atoms with van der Waals surface area (Å²) >= 11 is 6.14. The number of benzene rings is 3. The molecule has 6 rings (SSSR count). The summed E-state index contributed by atoms with van der Waals surface area (Å²) in [6.07, 6.45) is 2.63. The van der Waals surface area contributed by atoms with E-state index in [2.05, 4.69) is 17.0 Å². The van der Waals surface area contributed by atoms with Crippen molar-refractivity contribution in [2.45, 2.75) is 30.2 Å². The first kappa shape index (κ1) is 24.6. The van der Waals surface area contributed by atoms with E-state index in [4.69, 9.17) is 11.6 Å². The quantitative estimate of drug-likeness (QED) is 0.457. The van der Waals surface area contributed by atoms with Crippen molar-refractivity contribution in [2.24, 2.45) is 5.92 Å². The Morgan fingerprint density at radius 3 is 2.19 bits per heavy atom. The van der Waals surface area contributed by atoms with Gasteiger partial charge in [0.2, 0.25) is 15.9 Å². The first-order valence-corrected chi connectivity index (χ1v) is 14.7. The zero-order chi connectivity index (χ0) is 25.6. The predicted molar refractivity (Wildman–Crippen MR) is 145 cm³/mol. The number of hydrogen-bond donors (Lipinski definition) is 0. The average Bonchev–Trinajstić information content (AvgIpc) is 3.69. The van der Waals surface area contributed by atoms with Crippen LogP contribution in [0.1, 0.15) is 35.6 Å². The second-order valence-corrected chi connectivity index (χ2v) is 12.5. The Bertz CT molecular complexity index is 1400. The molecule has 3 aromatic carbocycles. The number of halogens is 1. The fraction of sp³-hybridized carbons (Fsp3) is 0.345. The Labute approximate surface area is 223 Å². The van der Waals surface area contributed by atoms with E-state index in [-0.39, 0.29) is 17.9 Å². The summed E-state index contributed by atoms with van der Waals surface area (Å²) in [6, 6.07) is 23.5. The molecule has 1 saturated carbocycles. The summed E-state index contributed by atoms with van der Waals surface area (Å²) in [5.74, 6) is 0.331. The van der Waals surface area contributed by atoms with Gasteiger partial charge in [-0.15, -0.1) is 0 Å². The lowest BCUT2D eigenvalue weighted by Gasteiger charge is -2.39. The van der Waals surface area contributed by atoms with E-state index in [1.165, 1.54) is 5.56 Å². The lowest BCUT2D eigenvalue weighted by atomic mass is 9.96. The van der Waals surface area contributed by atoms with Gasteiger partial charge in [0.05, 0.1) is 10.9 Å². The molecule has 3 aliphatic rings. The van der Waals surface area contributed by atoms with Gasteiger partial charge in [-0.3, -0.25) is 9.69 Å². The molecule has 192 valence electrons. The number of hydrogen-bond acceptors (Lipinski definition) is 4. The minimum Gasteiger partial charge on any atom is -0.312 e. The first-order chi connectivity index (χ1) is 17.9. The Hall–Kier alpha value is -2.71. The molecule has 0 aromatic heterocycles. The molecular formula is C29H30ClN3O3S. The van der Waals surface area contributed by atoms with Crippen molar-refractivity contribution in [1.29, 1.82) is 0 Å². The molecule has 0 spiro atoms. The summed E-state index contributed by atoms with van der Waals surface area (Å²) in [4.78, 5) is 17.1. The Balaban J connectivity index is 1.19. The first-order valence-electron chi connectivity index (χ1n) is 12.9. The molecule has 37 heavy (non-hydrogen) atoms. The largest absolute Gasteiger partial charge is 0.312 e. The molecule has 8 heteroatoms. The molecule has 3 aromatic rings. The number of sulfonamides is 1. The van der Waals surface area contributed by atoms with Gasteiger partial charge in [-0.25, -0.2) is 8.42 Å². The summed E-state index contributed by atoms with van der Waals surface area (Å²) in [6.45, 7) is 2.72. The van der Waals surface area contributed by atoms with Crippen molar-refractivity contribution < 1.29 is 13.2 Å². The van der Waals surface area contributed by atoms with Gasteiger partial charge in [-0.2, -0.15) is 4.31 Å². The lowest BCUT2D eigenvalue weighted by molar-refractivity contribution is -0.119. The summed E-state index contributed by atoms with van der Waals surface area (Å²) in [7, 11) is -3.62. The molecule has 2 aliphatic heterocycles. The van der Waals surface area contributed by atoms with Gasteiger partial charge in [0.25, 0.3) is 0 Å². The Morgan fingerprint density at radius 2 is 1.51 bits per heavy atom. The van der Waals surface area contributed by atoms with E-state index < -0.39 is 10.0 Å². The van der Waals surface area contributed by atoms with Crippen LogP contribution in [0.4, 0.5) is 5.69 Å². The van der Waals surface area contributed by atoms with E-state index in [0.29, 0.717) is 49.1 Å². The number of carbonyl (C=O) groups excluding carboxylic acids is 1. The van der Waals surface area contributed by atoms with Crippen LogP contribution in [0.5, 0.6) is 0 Å². The van der Waals surface area contributed by atoms with Gasteiger partial charge >= 0.3 is 0 Å². The highest BCUT2D eigenvalue weighted by atomic mass is 35.5. The third-order valence-corrected chi connectivity index (χ3v) is 9.86. The van der Waals surface area contributed by atoms with Crippen molar-refractivity contribution in [3.8, 4) is 0 Å². The van der Waals surface area contributed by atoms with Crippen molar-refractivity contribution in [1.82, 2.24) is 9.21 Å². The maximum Gasteiger partial charge on any atom is 0.243 e. The fourth-order valence-corrected chi connectivity index (χ4v) is 7.16. The number of nitrogens with zero attached hydrogens (tertiary/aromatic N) is 3. The number of anilines is 1. The Kier molecular flexibility index (Phi) is 6.57. The van der Waals surface area contributed by atoms with Crippen LogP contribution in [0.3, 0.4) is 0 Å². The van der Waals surface area contributed by atoms with Crippen LogP contribution in [-0.4, -0.2) is 56.3 Å². The topological polar surface area (TPSA) is 60.9 Å². The number of rotatable bonds is 6. The fourth-order valence-electron chi connectivity index (χ4n) is 5.56. The van der Waals surface area contributed by atoms with Gasteiger partial charge in [0, 0.05) is 49.4 Å². The van der Waals surface area contributed by atoms with Gasteiger partial charge in [0.15, 0.2) is 0 Å². The molecule has 1 aliphatic carbocycles. The molecule has 0 N–H and O–H groups in total. The minimum atomic E-state index is -3.62. The SMILES string of the molecule is O=C(C1CC1)N1CCc2cc(S(=O)(=O)N3CCN(C(c4ccccc4)c4ccc(Cl)cc4)CC3)ccc21. The second kappa shape index (κ2) is 9.87. The standard InChI is InChI=1S/C29H30ClN3O3S/c30-25-10-8-22(9-11-25)28(21-4-2-1-3-5-21)31-16-18-32(19-17-31)37(35,36)26-12-13-27-24(20-26)14-15-33(27)29(34)23-6-7-23/h1-5,8-13,20,23,28H,6-7,14-19H2. The zero-order valence-electron chi connectivity index (χ0n) is 20.6. The number of carbonyl (C=O) groups is 1. The Morgan fingerprint density at radius 1 is 0.838 bits per heavy atom. The van der Waals surface area contributed by atoms with E-state index in [9.17, 15) is 13.2 Å². The normalized spacial score (nSPS) is 19.5. The molecule has 1 unspecified atom stereocenters. The number of amides is 1. The molecule has 0 radical (unpaired) electrons. The maximum absolute atomic E-state index is 13.6. The molecule has 2 fully saturated rings. The molecule has 1 amide bonds. The zero-order valence-corrected chi connectivity index (χ0v) is 22.2. The van der Waals surface area contributed by atoms with Crippen molar-refractivity contribution in [3.63, 3.8) is 0 Å². The smallest absolute Gasteiger partial charge is 0.243 e. The minimum absolute atomic E-state index is 0.0262. The van der Waals surface area contributed by atoms with Gasteiger partial charge < -0.3 is 4.90 Å². The highest BCUT2D eigenvalue weighted by Gasteiger charge is 2.37. The predicted octanol–water partition coefficient (Wildman–Crippen LogP) is 4.74. The van der Waals surface area contributed by atoms with E-state index in [1.54, 1.807) is 16.4 Å². The van der Waals surface area contributed by atoms with Crippen molar-refractivity contribution in [3.05, 3.63) is 94.5 Å².